The Hall–Kier alpha value is -1.44. The van der Waals surface area contributed by atoms with Crippen molar-refractivity contribution in [1.29, 1.82) is 0 Å². The Morgan fingerprint density at radius 1 is 1.35 bits per heavy atom. The van der Waals surface area contributed by atoms with Gasteiger partial charge in [-0.15, -0.1) is 11.8 Å². The van der Waals surface area contributed by atoms with Gasteiger partial charge < -0.3 is 15.4 Å². The molecule has 0 aromatic heterocycles. The van der Waals surface area contributed by atoms with Crippen molar-refractivity contribution in [1.82, 2.24) is 15.5 Å². The van der Waals surface area contributed by atoms with Crippen LogP contribution in [0.25, 0.3) is 0 Å². The second-order valence-electron chi connectivity index (χ2n) is 6.81. The molecule has 0 spiro atoms. The Balaban J connectivity index is 1.97. The third-order valence-electron chi connectivity index (χ3n) is 3.66. The van der Waals surface area contributed by atoms with Gasteiger partial charge in [-0.05, 0) is 40.0 Å². The van der Waals surface area contributed by atoms with Crippen molar-refractivity contribution in [2.75, 3.05) is 18.2 Å². The summed E-state index contributed by atoms with van der Waals surface area (Å²) in [5.41, 5.74) is -0.605. The summed E-state index contributed by atoms with van der Waals surface area (Å²) in [4.78, 5) is 38.1. The van der Waals surface area contributed by atoms with Gasteiger partial charge in [0, 0.05) is 12.3 Å². The minimum atomic E-state index is -0.605. The second-order valence-corrected chi connectivity index (χ2v) is 7.81. The van der Waals surface area contributed by atoms with E-state index in [0.717, 1.165) is 12.8 Å². The van der Waals surface area contributed by atoms with E-state index in [4.69, 9.17) is 4.74 Å². The van der Waals surface area contributed by atoms with Gasteiger partial charge in [0.05, 0.1) is 5.88 Å². The van der Waals surface area contributed by atoms with Crippen molar-refractivity contribution in [2.24, 2.45) is 0 Å². The van der Waals surface area contributed by atoms with Crippen LogP contribution >= 0.6 is 11.8 Å². The number of amides is 3. The zero-order chi connectivity index (χ0) is 17.0. The molecule has 0 aromatic rings. The summed E-state index contributed by atoms with van der Waals surface area (Å²) >= 11 is 1.50. The fraction of sp³-hybridized carbons (Fsp3) is 0.800. The third-order valence-corrected chi connectivity index (χ3v) is 4.68. The Kier molecular flexibility index (Phi) is 5.78. The van der Waals surface area contributed by atoms with Crippen molar-refractivity contribution in [3.05, 3.63) is 0 Å². The van der Waals surface area contributed by atoms with Crippen LogP contribution in [0.2, 0.25) is 0 Å². The molecular formula is C15H25N3O4S. The fourth-order valence-corrected chi connectivity index (χ4v) is 3.65. The first-order valence-corrected chi connectivity index (χ1v) is 9.09. The first-order chi connectivity index (χ1) is 10.8. The number of rotatable bonds is 2. The van der Waals surface area contributed by atoms with Gasteiger partial charge in [-0.25, -0.2) is 4.79 Å². The highest BCUT2D eigenvalue weighted by Crippen LogP contribution is 2.24. The van der Waals surface area contributed by atoms with Crippen LogP contribution in [0.4, 0.5) is 4.79 Å². The van der Waals surface area contributed by atoms with Crippen LogP contribution in [0.3, 0.4) is 0 Å². The maximum absolute atomic E-state index is 12.5. The number of thioether (sulfide) groups is 1. The molecule has 8 heteroatoms. The molecule has 3 amide bonds. The molecule has 7 nitrogen and oxygen atoms in total. The van der Waals surface area contributed by atoms with E-state index in [1.54, 1.807) is 20.8 Å². The van der Waals surface area contributed by atoms with E-state index >= 15 is 0 Å². The van der Waals surface area contributed by atoms with Crippen LogP contribution in [0.1, 0.15) is 40.0 Å². The summed E-state index contributed by atoms with van der Waals surface area (Å²) in [6, 6.07) is -1.11. The molecule has 2 N–H and O–H groups in total. The number of nitrogens with one attached hydrogen (secondary N) is 2. The summed E-state index contributed by atoms with van der Waals surface area (Å²) in [5.74, 6) is 0.497. The Morgan fingerprint density at radius 2 is 2.09 bits per heavy atom. The molecule has 2 saturated heterocycles. The summed E-state index contributed by atoms with van der Waals surface area (Å²) < 4.78 is 5.35. The van der Waals surface area contributed by atoms with Gasteiger partial charge in [0.15, 0.2) is 0 Å². The van der Waals surface area contributed by atoms with Crippen molar-refractivity contribution in [3.8, 4) is 0 Å². The largest absolute Gasteiger partial charge is 0.444 e. The van der Waals surface area contributed by atoms with Crippen LogP contribution < -0.4 is 10.6 Å². The molecule has 2 heterocycles. The van der Waals surface area contributed by atoms with Gasteiger partial charge in [0.2, 0.25) is 11.8 Å². The van der Waals surface area contributed by atoms with Gasteiger partial charge in [-0.1, -0.05) is 0 Å². The number of hydrogen-bond donors (Lipinski definition) is 2. The maximum Gasteiger partial charge on any atom is 0.411 e. The molecule has 0 aromatic carbocycles. The Morgan fingerprint density at radius 3 is 2.78 bits per heavy atom. The molecule has 0 aliphatic carbocycles. The van der Waals surface area contributed by atoms with E-state index in [9.17, 15) is 14.4 Å². The summed E-state index contributed by atoms with van der Waals surface area (Å²) in [5, 5.41) is 5.58. The van der Waals surface area contributed by atoms with Crippen LogP contribution in [-0.2, 0) is 14.3 Å². The van der Waals surface area contributed by atoms with Crippen molar-refractivity contribution >= 4 is 29.7 Å². The predicted octanol–water partition coefficient (Wildman–Crippen LogP) is 1.08. The third kappa shape index (κ3) is 5.02. The number of hydrogen-bond acceptors (Lipinski definition) is 5. The first-order valence-electron chi connectivity index (χ1n) is 7.93. The van der Waals surface area contributed by atoms with E-state index in [-0.39, 0.29) is 11.8 Å². The molecule has 0 bridgehead atoms. The molecule has 0 saturated carbocycles. The van der Waals surface area contributed by atoms with Gasteiger partial charge in [0.25, 0.3) is 0 Å². The van der Waals surface area contributed by atoms with Crippen molar-refractivity contribution < 1.29 is 19.1 Å². The Labute approximate surface area is 140 Å². The maximum atomic E-state index is 12.5. The minimum Gasteiger partial charge on any atom is -0.444 e. The fourth-order valence-electron chi connectivity index (χ4n) is 2.51. The minimum absolute atomic E-state index is 0.148. The van der Waals surface area contributed by atoms with Crippen LogP contribution in [0, 0.1) is 0 Å². The molecule has 2 fully saturated rings. The molecule has 2 aliphatic rings. The molecule has 2 atom stereocenters. The van der Waals surface area contributed by atoms with E-state index in [0.29, 0.717) is 24.6 Å². The van der Waals surface area contributed by atoms with Crippen molar-refractivity contribution in [3.63, 3.8) is 0 Å². The molecule has 2 aliphatic heterocycles. The summed E-state index contributed by atoms with van der Waals surface area (Å²) in [6.45, 7) is 6.02. The van der Waals surface area contributed by atoms with Gasteiger partial charge >= 0.3 is 6.09 Å². The average molecular weight is 343 g/mol. The SMILES string of the molecule is CC(C)(C)OC(=O)N1CSC[C@@H]1C(=O)N[C@H]1CCCCNC1=O. The highest BCUT2D eigenvalue weighted by molar-refractivity contribution is 7.99. The number of ether oxygens (including phenoxy) is 1. The van der Waals surface area contributed by atoms with E-state index in [2.05, 4.69) is 10.6 Å². The molecule has 0 unspecified atom stereocenters. The van der Waals surface area contributed by atoms with E-state index in [1.807, 2.05) is 0 Å². The molecular weight excluding hydrogens is 318 g/mol. The zero-order valence-electron chi connectivity index (χ0n) is 13.9. The number of nitrogens with zero attached hydrogens (tertiary/aromatic N) is 1. The molecule has 0 radical (unpaired) electrons. The first kappa shape index (κ1) is 17.9. The predicted molar refractivity (Wildman–Crippen MR) is 88.0 cm³/mol. The molecule has 130 valence electrons. The topological polar surface area (TPSA) is 87.7 Å². The molecule has 2 rings (SSSR count). The van der Waals surface area contributed by atoms with Gasteiger partial charge in [-0.3, -0.25) is 14.5 Å². The summed E-state index contributed by atoms with van der Waals surface area (Å²) in [6.07, 6.45) is 1.94. The monoisotopic (exact) mass is 343 g/mol. The second kappa shape index (κ2) is 7.42. The van der Waals surface area contributed by atoms with Crippen LogP contribution in [-0.4, -0.2) is 58.7 Å². The smallest absolute Gasteiger partial charge is 0.411 e. The number of carbonyl (C=O) groups is 3. The quantitative estimate of drug-likeness (QED) is 0.783. The highest BCUT2D eigenvalue weighted by Gasteiger charge is 2.38. The summed E-state index contributed by atoms with van der Waals surface area (Å²) in [7, 11) is 0. The van der Waals surface area contributed by atoms with E-state index < -0.39 is 23.8 Å². The average Bonchev–Trinajstić information content (AvgIpc) is 2.85. The lowest BCUT2D eigenvalue weighted by atomic mass is 10.1. The lowest BCUT2D eigenvalue weighted by Gasteiger charge is -2.28. The van der Waals surface area contributed by atoms with Crippen LogP contribution in [0.5, 0.6) is 0 Å². The zero-order valence-corrected chi connectivity index (χ0v) is 14.7. The van der Waals surface area contributed by atoms with Gasteiger partial charge in [0.1, 0.15) is 17.7 Å². The van der Waals surface area contributed by atoms with Crippen LogP contribution in [0.15, 0.2) is 0 Å². The number of carbonyl (C=O) groups excluding carboxylic acids is 3. The Bertz CT molecular complexity index is 478. The molecule has 23 heavy (non-hydrogen) atoms. The van der Waals surface area contributed by atoms with Crippen molar-refractivity contribution in [2.45, 2.75) is 57.7 Å². The van der Waals surface area contributed by atoms with E-state index in [1.165, 1.54) is 16.7 Å². The highest BCUT2D eigenvalue weighted by atomic mass is 32.2. The van der Waals surface area contributed by atoms with Gasteiger partial charge in [-0.2, -0.15) is 0 Å². The lowest BCUT2D eigenvalue weighted by molar-refractivity contribution is -0.131. The lowest BCUT2D eigenvalue weighted by Crippen LogP contribution is -2.53. The normalized spacial score (nSPS) is 25.5. The standard InChI is InChI=1S/C15H25N3O4S/c1-15(2,3)22-14(21)18-9-23-8-11(18)13(20)17-10-6-4-5-7-16-12(10)19/h10-11H,4-9H2,1-3H3,(H,16,19)(H,17,20)/t10-,11+/m0/s1.